The SMILES string of the molecule is COc1ccc(CCN2CCC3(C2)C(=O)N(C)C(=O)N3C)cc1. The molecule has 2 aliphatic heterocycles. The molecule has 1 spiro atoms. The van der Waals surface area contributed by atoms with Crippen molar-refractivity contribution in [1.82, 2.24) is 14.7 Å². The summed E-state index contributed by atoms with van der Waals surface area (Å²) in [6.45, 7) is 2.34. The number of amides is 3. The molecule has 0 aliphatic carbocycles. The number of hydrogen-bond donors (Lipinski definition) is 0. The van der Waals surface area contributed by atoms with Gasteiger partial charge in [-0.15, -0.1) is 0 Å². The first kappa shape index (κ1) is 15.8. The molecule has 2 fully saturated rings. The van der Waals surface area contributed by atoms with Crippen LogP contribution in [0.5, 0.6) is 5.75 Å². The number of likely N-dealkylation sites (N-methyl/N-ethyl adjacent to an activating group) is 2. The van der Waals surface area contributed by atoms with E-state index in [9.17, 15) is 9.59 Å². The number of methoxy groups -OCH3 is 1. The maximum absolute atomic E-state index is 12.5. The average molecular weight is 317 g/mol. The van der Waals surface area contributed by atoms with E-state index in [1.54, 1.807) is 26.1 Å². The first-order valence-corrected chi connectivity index (χ1v) is 7.89. The summed E-state index contributed by atoms with van der Waals surface area (Å²) < 4.78 is 5.16. The number of carbonyl (C=O) groups excluding carboxylic acids is 2. The van der Waals surface area contributed by atoms with Crippen molar-refractivity contribution in [2.45, 2.75) is 18.4 Å². The highest BCUT2D eigenvalue weighted by Gasteiger charge is 2.57. The predicted molar refractivity (Wildman–Crippen MR) is 86.4 cm³/mol. The quantitative estimate of drug-likeness (QED) is 0.783. The summed E-state index contributed by atoms with van der Waals surface area (Å²) in [5.41, 5.74) is 0.581. The Hall–Kier alpha value is -2.08. The minimum absolute atomic E-state index is 0.0723. The second kappa shape index (κ2) is 5.85. The van der Waals surface area contributed by atoms with Crippen molar-refractivity contribution in [3.05, 3.63) is 29.8 Å². The van der Waals surface area contributed by atoms with Crippen molar-refractivity contribution in [3.8, 4) is 5.75 Å². The lowest BCUT2D eigenvalue weighted by Crippen LogP contribution is -2.50. The molecule has 6 nitrogen and oxygen atoms in total. The molecule has 3 rings (SSSR count). The van der Waals surface area contributed by atoms with E-state index in [1.165, 1.54) is 10.5 Å². The van der Waals surface area contributed by atoms with E-state index >= 15 is 0 Å². The fourth-order valence-electron chi connectivity index (χ4n) is 3.54. The van der Waals surface area contributed by atoms with Crippen LogP contribution in [0.25, 0.3) is 0 Å². The Bertz CT molecular complexity index is 616. The van der Waals surface area contributed by atoms with Gasteiger partial charge in [-0.3, -0.25) is 9.69 Å². The molecule has 0 aromatic heterocycles. The number of likely N-dealkylation sites (tertiary alicyclic amines) is 1. The van der Waals surface area contributed by atoms with Gasteiger partial charge in [0.05, 0.1) is 7.11 Å². The molecule has 0 radical (unpaired) electrons. The van der Waals surface area contributed by atoms with Gasteiger partial charge in [0.1, 0.15) is 11.3 Å². The molecule has 2 aliphatic rings. The molecule has 2 saturated heterocycles. The van der Waals surface area contributed by atoms with Crippen molar-refractivity contribution < 1.29 is 14.3 Å². The molecule has 1 aromatic rings. The summed E-state index contributed by atoms with van der Waals surface area (Å²) >= 11 is 0. The lowest BCUT2D eigenvalue weighted by atomic mass is 9.97. The Labute approximate surface area is 136 Å². The number of rotatable bonds is 4. The van der Waals surface area contributed by atoms with Crippen LogP contribution < -0.4 is 4.74 Å². The molecule has 6 heteroatoms. The average Bonchev–Trinajstić information content (AvgIpc) is 3.08. The maximum atomic E-state index is 12.5. The number of carbonyl (C=O) groups is 2. The van der Waals surface area contributed by atoms with Crippen LogP contribution in [0.3, 0.4) is 0 Å². The van der Waals surface area contributed by atoms with Gasteiger partial charge in [0.15, 0.2) is 0 Å². The lowest BCUT2D eigenvalue weighted by Gasteiger charge is -2.28. The number of nitrogens with zero attached hydrogens (tertiary/aromatic N) is 3. The van der Waals surface area contributed by atoms with Gasteiger partial charge in [0, 0.05) is 33.7 Å². The second-order valence-corrected chi connectivity index (χ2v) is 6.36. The molecule has 1 atom stereocenters. The smallest absolute Gasteiger partial charge is 0.327 e. The van der Waals surface area contributed by atoms with E-state index in [-0.39, 0.29) is 11.9 Å². The third-order valence-corrected chi connectivity index (χ3v) is 5.12. The molecule has 23 heavy (non-hydrogen) atoms. The van der Waals surface area contributed by atoms with Gasteiger partial charge in [-0.2, -0.15) is 0 Å². The van der Waals surface area contributed by atoms with Crippen molar-refractivity contribution in [2.24, 2.45) is 0 Å². The molecule has 0 saturated carbocycles. The zero-order chi connectivity index (χ0) is 16.6. The van der Waals surface area contributed by atoms with E-state index in [0.29, 0.717) is 13.0 Å². The number of hydrogen-bond acceptors (Lipinski definition) is 4. The van der Waals surface area contributed by atoms with Gasteiger partial charge in [0.25, 0.3) is 5.91 Å². The zero-order valence-electron chi connectivity index (χ0n) is 13.9. The highest BCUT2D eigenvalue weighted by molar-refractivity contribution is 6.07. The van der Waals surface area contributed by atoms with Gasteiger partial charge in [-0.1, -0.05) is 12.1 Å². The molecule has 0 N–H and O–H groups in total. The summed E-state index contributed by atoms with van der Waals surface area (Å²) in [5.74, 6) is 0.783. The largest absolute Gasteiger partial charge is 0.497 e. The summed E-state index contributed by atoms with van der Waals surface area (Å²) in [4.78, 5) is 29.6. The Morgan fingerprint density at radius 3 is 2.43 bits per heavy atom. The number of imide groups is 1. The van der Waals surface area contributed by atoms with Crippen LogP contribution in [0, 0.1) is 0 Å². The van der Waals surface area contributed by atoms with Gasteiger partial charge >= 0.3 is 6.03 Å². The summed E-state index contributed by atoms with van der Waals surface area (Å²) in [6.07, 6.45) is 1.63. The van der Waals surface area contributed by atoms with Crippen molar-refractivity contribution >= 4 is 11.9 Å². The monoisotopic (exact) mass is 317 g/mol. The Kier molecular flexibility index (Phi) is 4.02. The molecule has 124 valence electrons. The van der Waals surface area contributed by atoms with E-state index in [1.807, 2.05) is 12.1 Å². The number of benzene rings is 1. The highest BCUT2D eigenvalue weighted by Crippen LogP contribution is 2.34. The van der Waals surface area contributed by atoms with Crippen LogP contribution in [0.2, 0.25) is 0 Å². The standard InChI is InChI=1S/C17H23N3O3/c1-18-15(21)17(19(2)16(18)22)9-11-20(12-17)10-8-13-4-6-14(23-3)7-5-13/h4-7H,8-12H2,1-3H3. The molecule has 2 heterocycles. The molecule has 3 amide bonds. The fourth-order valence-corrected chi connectivity index (χ4v) is 3.54. The summed E-state index contributed by atoms with van der Waals surface area (Å²) in [6, 6.07) is 7.85. The van der Waals surface area contributed by atoms with Crippen molar-refractivity contribution in [3.63, 3.8) is 0 Å². The molecule has 0 bridgehead atoms. The predicted octanol–water partition coefficient (Wildman–Crippen LogP) is 1.21. The lowest BCUT2D eigenvalue weighted by molar-refractivity contribution is -0.131. The Morgan fingerprint density at radius 2 is 1.87 bits per heavy atom. The van der Waals surface area contributed by atoms with E-state index in [4.69, 9.17) is 4.74 Å². The minimum Gasteiger partial charge on any atom is -0.497 e. The first-order chi connectivity index (χ1) is 11.0. The van der Waals surface area contributed by atoms with Crippen LogP contribution >= 0.6 is 0 Å². The third-order valence-electron chi connectivity index (χ3n) is 5.12. The topological polar surface area (TPSA) is 53.1 Å². The van der Waals surface area contributed by atoms with Crippen molar-refractivity contribution in [2.75, 3.05) is 40.8 Å². The minimum atomic E-state index is -0.661. The van der Waals surface area contributed by atoms with Gasteiger partial charge in [-0.25, -0.2) is 4.79 Å². The normalized spacial score (nSPS) is 25.0. The first-order valence-electron chi connectivity index (χ1n) is 7.89. The summed E-state index contributed by atoms with van der Waals surface area (Å²) in [7, 11) is 4.96. The Morgan fingerprint density at radius 1 is 1.17 bits per heavy atom. The zero-order valence-corrected chi connectivity index (χ0v) is 13.9. The second-order valence-electron chi connectivity index (χ2n) is 6.36. The van der Waals surface area contributed by atoms with E-state index in [2.05, 4.69) is 17.0 Å². The molecular formula is C17H23N3O3. The van der Waals surface area contributed by atoms with Crippen LogP contribution in [0.1, 0.15) is 12.0 Å². The fraction of sp³-hybridized carbons (Fsp3) is 0.529. The number of urea groups is 1. The maximum Gasteiger partial charge on any atom is 0.327 e. The van der Waals surface area contributed by atoms with Crippen LogP contribution in [0.4, 0.5) is 4.79 Å². The Balaban J connectivity index is 1.61. The summed E-state index contributed by atoms with van der Waals surface area (Å²) in [5, 5.41) is 0. The number of ether oxygens (including phenoxy) is 1. The van der Waals surface area contributed by atoms with Gasteiger partial charge in [-0.05, 0) is 30.5 Å². The van der Waals surface area contributed by atoms with Crippen LogP contribution in [-0.4, -0.2) is 73.0 Å². The van der Waals surface area contributed by atoms with E-state index < -0.39 is 5.54 Å². The highest BCUT2D eigenvalue weighted by atomic mass is 16.5. The van der Waals surface area contributed by atoms with Crippen LogP contribution in [0.15, 0.2) is 24.3 Å². The molecular weight excluding hydrogens is 294 g/mol. The molecule has 1 aromatic carbocycles. The van der Waals surface area contributed by atoms with Gasteiger partial charge < -0.3 is 14.5 Å². The van der Waals surface area contributed by atoms with Crippen molar-refractivity contribution in [1.29, 1.82) is 0 Å². The third kappa shape index (κ3) is 2.57. The van der Waals surface area contributed by atoms with Crippen LogP contribution in [-0.2, 0) is 11.2 Å². The molecule has 1 unspecified atom stereocenters. The van der Waals surface area contributed by atoms with E-state index in [0.717, 1.165) is 25.3 Å². The van der Waals surface area contributed by atoms with Gasteiger partial charge in [0.2, 0.25) is 0 Å².